The molecule has 1 aromatic rings. The van der Waals surface area contributed by atoms with E-state index in [0.717, 1.165) is 31.9 Å². The van der Waals surface area contributed by atoms with Crippen LogP contribution in [-0.2, 0) is 11.2 Å². The molecule has 0 radical (unpaired) electrons. The van der Waals surface area contributed by atoms with Gasteiger partial charge in [0.1, 0.15) is 0 Å². The average molecular weight is 273 g/mol. The Morgan fingerprint density at radius 1 is 1.20 bits per heavy atom. The molecule has 2 nitrogen and oxygen atoms in total. The van der Waals surface area contributed by atoms with Crippen LogP contribution in [0.1, 0.15) is 41.5 Å². The lowest BCUT2D eigenvalue weighted by Gasteiger charge is -2.34. The van der Waals surface area contributed by atoms with E-state index in [1.807, 2.05) is 0 Å². The van der Waals surface area contributed by atoms with Crippen LogP contribution in [-0.4, -0.2) is 19.3 Å². The Bertz CT molecular complexity index is 483. The number of nitrogens with two attached hydrogens (primary N) is 1. The van der Waals surface area contributed by atoms with Gasteiger partial charge in [-0.15, -0.1) is 0 Å². The average Bonchev–Trinajstić information content (AvgIpc) is 3.15. The number of hydrogen-bond donors (Lipinski definition) is 1. The Morgan fingerprint density at radius 2 is 1.85 bits per heavy atom. The number of rotatable bonds is 4. The van der Waals surface area contributed by atoms with Crippen LogP contribution in [0.15, 0.2) is 12.1 Å². The molecule has 1 aliphatic heterocycles. The molecule has 1 saturated carbocycles. The SMILES string of the molecule is Cc1cc(C)c(CC2(CN)CCOC2C2CC2)c(C)c1. The highest BCUT2D eigenvalue weighted by molar-refractivity contribution is 5.38. The molecule has 2 unspecified atom stereocenters. The summed E-state index contributed by atoms with van der Waals surface area (Å²) in [5.41, 5.74) is 12.1. The van der Waals surface area contributed by atoms with Crippen LogP contribution in [0.4, 0.5) is 0 Å². The van der Waals surface area contributed by atoms with Crippen LogP contribution in [0.5, 0.6) is 0 Å². The molecule has 2 fully saturated rings. The first kappa shape index (κ1) is 14.1. The zero-order valence-electron chi connectivity index (χ0n) is 13.0. The second-order valence-corrected chi connectivity index (χ2v) is 7.00. The Balaban J connectivity index is 1.91. The summed E-state index contributed by atoms with van der Waals surface area (Å²) in [7, 11) is 0. The zero-order chi connectivity index (χ0) is 14.3. The first-order chi connectivity index (χ1) is 9.55. The summed E-state index contributed by atoms with van der Waals surface area (Å²) in [6.07, 6.45) is 5.27. The van der Waals surface area contributed by atoms with Gasteiger partial charge in [-0.05, 0) is 69.1 Å². The Kier molecular flexibility index (Phi) is 3.64. The van der Waals surface area contributed by atoms with Crippen molar-refractivity contribution in [3.63, 3.8) is 0 Å². The minimum atomic E-state index is 0.173. The van der Waals surface area contributed by atoms with E-state index in [-0.39, 0.29) is 5.41 Å². The molecular formula is C18H27NO. The maximum Gasteiger partial charge on any atom is 0.0675 e. The number of hydrogen-bond acceptors (Lipinski definition) is 2. The fourth-order valence-corrected chi connectivity index (χ4v) is 4.06. The standard InChI is InChI=1S/C18H27NO/c1-12-8-13(2)16(14(3)9-12)10-18(11-19)6-7-20-17(18)15-4-5-15/h8-9,15,17H,4-7,10-11,19H2,1-3H3. The lowest BCUT2D eigenvalue weighted by molar-refractivity contribution is 0.0344. The molecule has 3 rings (SSSR count). The quantitative estimate of drug-likeness (QED) is 0.913. The van der Waals surface area contributed by atoms with Gasteiger partial charge in [-0.1, -0.05) is 17.7 Å². The molecule has 110 valence electrons. The van der Waals surface area contributed by atoms with E-state index in [9.17, 15) is 0 Å². The maximum absolute atomic E-state index is 6.22. The van der Waals surface area contributed by atoms with Gasteiger partial charge in [0.15, 0.2) is 0 Å². The van der Waals surface area contributed by atoms with Gasteiger partial charge < -0.3 is 10.5 Å². The van der Waals surface area contributed by atoms with Gasteiger partial charge in [0.2, 0.25) is 0 Å². The molecule has 1 heterocycles. The van der Waals surface area contributed by atoms with Crippen LogP contribution < -0.4 is 5.73 Å². The third-order valence-electron chi connectivity index (χ3n) is 5.33. The summed E-state index contributed by atoms with van der Waals surface area (Å²) in [4.78, 5) is 0. The molecule has 1 aromatic carbocycles. The Morgan fingerprint density at radius 3 is 2.40 bits per heavy atom. The van der Waals surface area contributed by atoms with Crippen molar-refractivity contribution in [1.82, 2.24) is 0 Å². The van der Waals surface area contributed by atoms with Gasteiger partial charge in [0.05, 0.1) is 6.10 Å². The largest absolute Gasteiger partial charge is 0.377 e. The fourth-order valence-electron chi connectivity index (χ4n) is 4.06. The molecule has 0 aromatic heterocycles. The highest BCUT2D eigenvalue weighted by atomic mass is 16.5. The summed E-state index contributed by atoms with van der Waals surface area (Å²) in [6.45, 7) is 8.29. The fraction of sp³-hybridized carbons (Fsp3) is 0.667. The van der Waals surface area contributed by atoms with Gasteiger partial charge >= 0.3 is 0 Å². The van der Waals surface area contributed by atoms with Gasteiger partial charge in [-0.3, -0.25) is 0 Å². The lowest BCUT2D eigenvalue weighted by atomic mass is 9.72. The van der Waals surface area contributed by atoms with Gasteiger partial charge in [-0.25, -0.2) is 0 Å². The van der Waals surface area contributed by atoms with Crippen LogP contribution in [0.2, 0.25) is 0 Å². The molecule has 0 spiro atoms. The van der Waals surface area contributed by atoms with Crippen molar-refractivity contribution in [1.29, 1.82) is 0 Å². The van der Waals surface area contributed by atoms with Crippen molar-refractivity contribution in [2.75, 3.05) is 13.2 Å². The van der Waals surface area contributed by atoms with Crippen molar-refractivity contribution < 1.29 is 4.74 Å². The second-order valence-electron chi connectivity index (χ2n) is 7.00. The zero-order valence-corrected chi connectivity index (χ0v) is 13.0. The van der Waals surface area contributed by atoms with Gasteiger partial charge in [0, 0.05) is 18.6 Å². The summed E-state index contributed by atoms with van der Waals surface area (Å²) >= 11 is 0. The lowest BCUT2D eigenvalue weighted by Crippen LogP contribution is -2.41. The topological polar surface area (TPSA) is 35.2 Å². The summed E-state index contributed by atoms with van der Waals surface area (Å²) < 4.78 is 6.08. The first-order valence-electron chi connectivity index (χ1n) is 7.94. The predicted molar refractivity (Wildman–Crippen MR) is 82.9 cm³/mol. The normalized spacial score (nSPS) is 29.9. The number of ether oxygens (including phenoxy) is 1. The van der Waals surface area contributed by atoms with Crippen LogP contribution in [0, 0.1) is 32.1 Å². The molecule has 1 saturated heterocycles. The van der Waals surface area contributed by atoms with Crippen molar-refractivity contribution in [3.8, 4) is 0 Å². The Labute approximate surface area is 122 Å². The Hall–Kier alpha value is -0.860. The highest BCUT2D eigenvalue weighted by Crippen LogP contribution is 2.49. The van der Waals surface area contributed by atoms with Crippen LogP contribution in [0.3, 0.4) is 0 Å². The molecule has 2 aliphatic rings. The summed E-state index contributed by atoms with van der Waals surface area (Å²) in [6, 6.07) is 4.60. The minimum Gasteiger partial charge on any atom is -0.377 e. The first-order valence-corrected chi connectivity index (χ1v) is 7.94. The maximum atomic E-state index is 6.22. The van der Waals surface area contributed by atoms with E-state index in [4.69, 9.17) is 10.5 Å². The van der Waals surface area contributed by atoms with Crippen LogP contribution >= 0.6 is 0 Å². The highest BCUT2D eigenvalue weighted by Gasteiger charge is 2.50. The predicted octanol–water partition coefficient (Wildman–Crippen LogP) is 3.30. The molecule has 20 heavy (non-hydrogen) atoms. The smallest absolute Gasteiger partial charge is 0.0675 e. The summed E-state index contributed by atoms with van der Waals surface area (Å²) in [5.74, 6) is 0.770. The molecule has 2 N–H and O–H groups in total. The monoisotopic (exact) mass is 273 g/mol. The molecule has 1 aliphatic carbocycles. The number of benzene rings is 1. The third kappa shape index (κ3) is 2.40. The third-order valence-corrected chi connectivity index (χ3v) is 5.33. The van der Waals surface area contributed by atoms with E-state index >= 15 is 0 Å². The van der Waals surface area contributed by atoms with E-state index in [0.29, 0.717) is 6.10 Å². The molecule has 2 heteroatoms. The van der Waals surface area contributed by atoms with Crippen molar-refractivity contribution in [2.24, 2.45) is 17.1 Å². The van der Waals surface area contributed by atoms with Gasteiger partial charge in [0.25, 0.3) is 0 Å². The minimum absolute atomic E-state index is 0.173. The van der Waals surface area contributed by atoms with Crippen molar-refractivity contribution in [2.45, 2.75) is 52.6 Å². The number of aryl methyl sites for hydroxylation is 3. The van der Waals surface area contributed by atoms with E-state index in [2.05, 4.69) is 32.9 Å². The molecule has 0 amide bonds. The van der Waals surface area contributed by atoms with Crippen molar-refractivity contribution in [3.05, 3.63) is 34.4 Å². The van der Waals surface area contributed by atoms with E-state index in [1.54, 1.807) is 0 Å². The van der Waals surface area contributed by atoms with E-state index < -0.39 is 0 Å². The summed E-state index contributed by atoms with van der Waals surface area (Å²) in [5, 5.41) is 0. The second kappa shape index (κ2) is 5.16. The molecule has 2 atom stereocenters. The van der Waals surface area contributed by atoms with E-state index in [1.165, 1.54) is 35.1 Å². The van der Waals surface area contributed by atoms with Gasteiger partial charge in [-0.2, -0.15) is 0 Å². The molecular weight excluding hydrogens is 246 g/mol. The van der Waals surface area contributed by atoms with Crippen LogP contribution in [0.25, 0.3) is 0 Å². The van der Waals surface area contributed by atoms with Crippen molar-refractivity contribution >= 4 is 0 Å². The molecule has 0 bridgehead atoms.